The molecular weight excluding hydrogens is 458 g/mol. The molecule has 0 saturated carbocycles. The van der Waals surface area contributed by atoms with E-state index in [9.17, 15) is 14.4 Å². The highest BCUT2D eigenvalue weighted by Gasteiger charge is 2.44. The van der Waals surface area contributed by atoms with Gasteiger partial charge in [0.15, 0.2) is 0 Å². The fraction of sp³-hybridized carbons (Fsp3) is 0.536. The SMILES string of the molecule is CC(=O)N[C@H]1C=C([Si](C)(C)Cc2ccccc2)C(C(=O)OC(C)(C)C)=C(C(=O)OC(C)(C)C)[C@@H]1C. The Morgan fingerprint density at radius 2 is 1.43 bits per heavy atom. The summed E-state index contributed by atoms with van der Waals surface area (Å²) in [5, 5.41) is 3.77. The molecule has 6 nitrogen and oxygen atoms in total. The minimum absolute atomic E-state index is 0.204. The van der Waals surface area contributed by atoms with Gasteiger partial charge < -0.3 is 14.8 Å². The second-order valence-electron chi connectivity index (χ2n) is 11.9. The first-order valence-electron chi connectivity index (χ1n) is 12.2. The molecule has 2 atom stereocenters. The second-order valence-corrected chi connectivity index (χ2v) is 16.6. The Hall–Kier alpha value is -2.67. The van der Waals surface area contributed by atoms with Crippen molar-refractivity contribution >= 4 is 25.9 Å². The zero-order chi connectivity index (χ0) is 26.8. The molecule has 0 fully saturated rings. The van der Waals surface area contributed by atoms with Crippen LogP contribution in [0.15, 0.2) is 52.8 Å². The number of ether oxygens (including phenoxy) is 2. The van der Waals surface area contributed by atoms with E-state index in [-0.39, 0.29) is 17.1 Å². The van der Waals surface area contributed by atoms with Gasteiger partial charge in [-0.05, 0) is 52.8 Å². The van der Waals surface area contributed by atoms with E-state index in [1.165, 1.54) is 6.92 Å². The van der Waals surface area contributed by atoms with Gasteiger partial charge in [-0.15, -0.1) is 0 Å². The fourth-order valence-electron chi connectivity index (χ4n) is 4.30. The molecule has 1 aliphatic rings. The molecule has 0 heterocycles. The first-order chi connectivity index (χ1) is 15.9. The Bertz CT molecular complexity index is 1030. The number of esters is 2. The maximum Gasteiger partial charge on any atom is 0.339 e. The van der Waals surface area contributed by atoms with Crippen molar-refractivity contribution < 1.29 is 23.9 Å². The van der Waals surface area contributed by atoms with Crippen molar-refractivity contribution in [3.8, 4) is 0 Å². The molecule has 1 amide bonds. The van der Waals surface area contributed by atoms with Gasteiger partial charge in [0.2, 0.25) is 5.91 Å². The van der Waals surface area contributed by atoms with E-state index in [4.69, 9.17) is 9.47 Å². The quantitative estimate of drug-likeness (QED) is 0.436. The molecule has 7 heteroatoms. The van der Waals surface area contributed by atoms with Crippen molar-refractivity contribution in [2.75, 3.05) is 0 Å². The Morgan fingerprint density at radius 3 is 1.91 bits per heavy atom. The number of carbonyl (C=O) groups excluding carboxylic acids is 3. The summed E-state index contributed by atoms with van der Waals surface area (Å²) in [4.78, 5) is 39.3. The van der Waals surface area contributed by atoms with E-state index in [0.717, 1.165) is 16.8 Å². The minimum Gasteiger partial charge on any atom is -0.457 e. The van der Waals surface area contributed by atoms with Gasteiger partial charge in [0.05, 0.1) is 25.3 Å². The molecule has 1 aromatic rings. The maximum absolute atomic E-state index is 13.7. The topological polar surface area (TPSA) is 81.7 Å². The van der Waals surface area contributed by atoms with Crippen LogP contribution in [0.5, 0.6) is 0 Å². The van der Waals surface area contributed by atoms with Crippen LogP contribution >= 0.6 is 0 Å². The van der Waals surface area contributed by atoms with Gasteiger partial charge in [-0.2, -0.15) is 0 Å². The molecule has 1 N–H and O–H groups in total. The van der Waals surface area contributed by atoms with Crippen LogP contribution < -0.4 is 5.32 Å². The van der Waals surface area contributed by atoms with Crippen molar-refractivity contribution in [2.24, 2.45) is 5.92 Å². The number of hydrogen-bond donors (Lipinski definition) is 1. The van der Waals surface area contributed by atoms with Crippen LogP contribution in [-0.2, 0) is 29.9 Å². The number of rotatable bonds is 6. The van der Waals surface area contributed by atoms with E-state index in [1.54, 1.807) is 41.5 Å². The van der Waals surface area contributed by atoms with Gasteiger partial charge in [0.25, 0.3) is 0 Å². The summed E-state index contributed by atoms with van der Waals surface area (Å²) in [6.07, 6.45) is 1.97. The van der Waals surface area contributed by atoms with E-state index >= 15 is 0 Å². The van der Waals surface area contributed by atoms with E-state index in [1.807, 2.05) is 31.2 Å². The predicted molar refractivity (Wildman–Crippen MR) is 141 cm³/mol. The predicted octanol–water partition coefficient (Wildman–Crippen LogP) is 5.08. The molecule has 0 aromatic heterocycles. The Balaban J connectivity index is 2.76. The van der Waals surface area contributed by atoms with E-state index < -0.39 is 43.2 Å². The summed E-state index contributed by atoms with van der Waals surface area (Å²) in [6.45, 7) is 18.4. The van der Waals surface area contributed by atoms with E-state index in [0.29, 0.717) is 0 Å². The first-order valence-corrected chi connectivity index (χ1v) is 15.4. The molecular formula is C28H41NO5Si. The van der Waals surface area contributed by atoms with Crippen LogP contribution in [0, 0.1) is 5.92 Å². The van der Waals surface area contributed by atoms with Gasteiger partial charge in [-0.25, -0.2) is 9.59 Å². The lowest BCUT2D eigenvalue weighted by Gasteiger charge is -2.38. The van der Waals surface area contributed by atoms with Crippen LogP contribution in [0.25, 0.3) is 0 Å². The van der Waals surface area contributed by atoms with Gasteiger partial charge in [-0.1, -0.05) is 62.0 Å². The molecule has 0 aliphatic heterocycles. The standard InChI is InChI=1S/C28H41NO5Si/c1-18-21(29-19(2)30)16-22(35(9,10)17-20-14-12-11-13-15-20)24(26(32)34-28(6,7)8)23(18)25(31)33-27(3,4)5/h11-16,18,21H,17H2,1-10H3,(H,29,30)/t18-,21+/m1/s1. The molecule has 0 unspecified atom stereocenters. The van der Waals surface area contributed by atoms with Crippen LogP contribution in [0.1, 0.15) is 61.0 Å². The third-order valence-corrected chi connectivity index (χ3v) is 8.86. The molecule has 1 aliphatic carbocycles. The zero-order valence-corrected chi connectivity index (χ0v) is 23.9. The van der Waals surface area contributed by atoms with Gasteiger partial charge >= 0.3 is 11.9 Å². The number of nitrogens with one attached hydrogen (secondary N) is 1. The lowest BCUT2D eigenvalue weighted by molar-refractivity contribution is -0.154. The largest absolute Gasteiger partial charge is 0.457 e. The smallest absolute Gasteiger partial charge is 0.339 e. The molecule has 0 saturated heterocycles. The molecule has 0 bridgehead atoms. The van der Waals surface area contributed by atoms with Gasteiger partial charge in [0.1, 0.15) is 11.2 Å². The Labute approximate surface area is 211 Å². The molecule has 192 valence electrons. The summed E-state index contributed by atoms with van der Waals surface area (Å²) in [6, 6.07) is 10.4. The van der Waals surface area contributed by atoms with Gasteiger partial charge in [0, 0.05) is 12.8 Å². The maximum atomic E-state index is 13.7. The number of amides is 1. The summed E-state index contributed by atoms with van der Waals surface area (Å²) >= 11 is 0. The summed E-state index contributed by atoms with van der Waals surface area (Å²) in [5.74, 6) is -1.77. The second kappa shape index (κ2) is 10.5. The van der Waals surface area contributed by atoms with Crippen LogP contribution in [0.4, 0.5) is 0 Å². The number of carbonyl (C=O) groups is 3. The zero-order valence-electron chi connectivity index (χ0n) is 22.9. The third-order valence-electron chi connectivity index (χ3n) is 5.69. The third kappa shape index (κ3) is 7.92. The number of benzene rings is 1. The fourth-order valence-corrected chi connectivity index (χ4v) is 7.29. The average molecular weight is 500 g/mol. The van der Waals surface area contributed by atoms with Crippen molar-refractivity contribution in [1.82, 2.24) is 5.32 Å². The average Bonchev–Trinajstić information content (AvgIpc) is 2.66. The van der Waals surface area contributed by atoms with Crippen molar-refractivity contribution in [3.05, 3.63) is 58.3 Å². The summed E-state index contributed by atoms with van der Waals surface area (Å²) in [7, 11) is -2.37. The molecule has 2 rings (SSSR count). The molecule has 35 heavy (non-hydrogen) atoms. The van der Waals surface area contributed by atoms with Crippen LogP contribution in [0.3, 0.4) is 0 Å². The lowest BCUT2D eigenvalue weighted by atomic mass is 9.84. The highest BCUT2D eigenvalue weighted by Crippen LogP contribution is 2.39. The van der Waals surface area contributed by atoms with Gasteiger partial charge in [-0.3, -0.25) is 4.79 Å². The first kappa shape index (κ1) is 28.6. The minimum atomic E-state index is -2.37. The Morgan fingerprint density at radius 1 is 0.914 bits per heavy atom. The number of hydrogen-bond acceptors (Lipinski definition) is 5. The molecule has 0 spiro atoms. The van der Waals surface area contributed by atoms with Crippen molar-refractivity contribution in [2.45, 2.75) is 91.8 Å². The van der Waals surface area contributed by atoms with Crippen molar-refractivity contribution in [1.29, 1.82) is 0 Å². The molecule has 1 aromatic carbocycles. The Kier molecular flexibility index (Phi) is 8.59. The van der Waals surface area contributed by atoms with E-state index in [2.05, 4.69) is 30.5 Å². The normalized spacial score (nSPS) is 19.1. The van der Waals surface area contributed by atoms with Crippen molar-refractivity contribution in [3.63, 3.8) is 0 Å². The highest BCUT2D eigenvalue weighted by atomic mass is 28.3. The lowest BCUT2D eigenvalue weighted by Crippen LogP contribution is -2.47. The highest BCUT2D eigenvalue weighted by molar-refractivity contribution is 6.85. The summed E-state index contributed by atoms with van der Waals surface area (Å²) in [5.41, 5.74) is 0.221. The monoisotopic (exact) mass is 499 g/mol. The van der Waals surface area contributed by atoms with Crippen LogP contribution in [-0.4, -0.2) is 43.2 Å². The van der Waals surface area contributed by atoms with Crippen LogP contribution in [0.2, 0.25) is 13.1 Å². The molecule has 0 radical (unpaired) electrons. The summed E-state index contributed by atoms with van der Waals surface area (Å²) < 4.78 is 11.6.